The van der Waals surface area contributed by atoms with E-state index in [2.05, 4.69) is 10.6 Å². The van der Waals surface area contributed by atoms with Gasteiger partial charge in [-0.05, 0) is 36.5 Å². The Balaban J connectivity index is 1.88. The van der Waals surface area contributed by atoms with Crippen LogP contribution in [0.25, 0.3) is 0 Å². The van der Waals surface area contributed by atoms with Crippen LogP contribution in [0.15, 0.2) is 24.3 Å². The molecule has 18 heavy (non-hydrogen) atoms. The lowest BCUT2D eigenvalue weighted by Crippen LogP contribution is -2.35. The monoisotopic (exact) mass is 265 g/mol. The Bertz CT molecular complexity index is 447. The number of hydrogen-bond acceptors (Lipinski definition) is 3. The third-order valence-corrected chi connectivity index (χ3v) is 3.06. The molecule has 0 aromatic heterocycles. The van der Waals surface area contributed by atoms with Crippen molar-refractivity contribution in [3.05, 3.63) is 24.3 Å². The number of methoxy groups -OCH3 is 1. The molecule has 1 aliphatic heterocycles. The fraction of sp³-hybridized carbons (Fsp3) is 0.333. The van der Waals surface area contributed by atoms with Gasteiger partial charge in [-0.15, -0.1) is 0 Å². The van der Waals surface area contributed by atoms with Crippen molar-refractivity contribution >= 4 is 28.9 Å². The Kier molecular flexibility index (Phi) is 3.99. The van der Waals surface area contributed by atoms with Crippen LogP contribution in [0.4, 0.5) is 5.69 Å². The number of hydrogen-bond donors (Lipinski definition) is 2. The lowest BCUT2D eigenvalue weighted by molar-refractivity contribution is -0.116. The summed E-state index contributed by atoms with van der Waals surface area (Å²) in [6.45, 7) is 1.85. The Morgan fingerprint density at radius 3 is 2.78 bits per heavy atom. The highest BCUT2D eigenvalue weighted by atomic mass is 32.1. The largest absolute Gasteiger partial charge is 0.497 e. The smallest absolute Gasteiger partial charge is 0.243 e. The van der Waals surface area contributed by atoms with Gasteiger partial charge >= 0.3 is 0 Å². The number of amides is 1. The highest BCUT2D eigenvalue weighted by Gasteiger charge is 2.18. The number of anilines is 1. The summed E-state index contributed by atoms with van der Waals surface area (Å²) >= 11 is 5.07. The van der Waals surface area contributed by atoms with Gasteiger partial charge in [-0.25, -0.2) is 0 Å². The molecule has 0 unspecified atom stereocenters. The van der Waals surface area contributed by atoms with Crippen molar-refractivity contribution in [1.82, 2.24) is 10.2 Å². The molecule has 5 nitrogen and oxygen atoms in total. The molecule has 2 N–H and O–H groups in total. The van der Waals surface area contributed by atoms with Crippen molar-refractivity contribution < 1.29 is 9.53 Å². The normalized spacial score (nSPS) is 14.3. The number of carbonyl (C=O) groups is 1. The zero-order valence-corrected chi connectivity index (χ0v) is 10.9. The number of thiocarbonyl (C=S) groups is 1. The molecule has 0 atom stereocenters. The van der Waals surface area contributed by atoms with Crippen LogP contribution in [0.2, 0.25) is 0 Å². The van der Waals surface area contributed by atoms with E-state index >= 15 is 0 Å². The fourth-order valence-corrected chi connectivity index (χ4v) is 1.97. The second kappa shape index (κ2) is 5.68. The molecule has 1 aromatic rings. The molecule has 0 radical (unpaired) electrons. The number of nitrogens with one attached hydrogen (secondary N) is 2. The van der Waals surface area contributed by atoms with Gasteiger partial charge in [0.2, 0.25) is 5.91 Å². The molecule has 1 heterocycles. The van der Waals surface area contributed by atoms with Gasteiger partial charge < -0.3 is 20.3 Å². The first-order valence-corrected chi connectivity index (χ1v) is 6.06. The summed E-state index contributed by atoms with van der Waals surface area (Å²) in [6.07, 6.45) is 0. The summed E-state index contributed by atoms with van der Waals surface area (Å²) in [5.41, 5.74) is 0.749. The number of benzene rings is 1. The van der Waals surface area contributed by atoms with Gasteiger partial charge in [0.15, 0.2) is 5.11 Å². The van der Waals surface area contributed by atoms with Gasteiger partial charge in [0.05, 0.1) is 13.7 Å². The molecule has 1 aliphatic rings. The lowest BCUT2D eigenvalue weighted by Gasteiger charge is -2.15. The van der Waals surface area contributed by atoms with E-state index < -0.39 is 0 Å². The van der Waals surface area contributed by atoms with E-state index in [9.17, 15) is 4.79 Å². The second-order valence-electron chi connectivity index (χ2n) is 3.93. The van der Waals surface area contributed by atoms with Gasteiger partial charge in [0, 0.05) is 18.8 Å². The topological polar surface area (TPSA) is 53.6 Å². The summed E-state index contributed by atoms with van der Waals surface area (Å²) in [5, 5.41) is 6.47. The van der Waals surface area contributed by atoms with Crippen LogP contribution in [-0.4, -0.2) is 42.7 Å². The molecule has 1 amide bonds. The zero-order valence-electron chi connectivity index (χ0n) is 10.1. The number of rotatable bonds is 4. The highest BCUT2D eigenvalue weighted by Crippen LogP contribution is 2.14. The third-order valence-electron chi connectivity index (χ3n) is 2.65. The van der Waals surface area contributed by atoms with Gasteiger partial charge in [-0.2, -0.15) is 0 Å². The molecule has 2 rings (SSSR count). The first kappa shape index (κ1) is 12.6. The predicted molar refractivity (Wildman–Crippen MR) is 73.8 cm³/mol. The Hall–Kier alpha value is -1.82. The van der Waals surface area contributed by atoms with E-state index in [4.69, 9.17) is 17.0 Å². The first-order chi connectivity index (χ1) is 8.69. The van der Waals surface area contributed by atoms with E-state index in [-0.39, 0.29) is 12.5 Å². The highest BCUT2D eigenvalue weighted by molar-refractivity contribution is 7.80. The van der Waals surface area contributed by atoms with Crippen LogP contribution < -0.4 is 15.4 Å². The minimum atomic E-state index is -0.0776. The molecule has 0 bridgehead atoms. The minimum Gasteiger partial charge on any atom is -0.497 e. The Morgan fingerprint density at radius 2 is 2.22 bits per heavy atom. The summed E-state index contributed by atoms with van der Waals surface area (Å²) in [4.78, 5) is 13.6. The predicted octanol–water partition coefficient (Wildman–Crippen LogP) is 0.824. The standard InChI is InChI=1S/C12H15N3O2S/c1-17-10-4-2-9(3-5-10)14-11(16)8-15-7-6-13-12(15)18/h2-5H,6-8H2,1H3,(H,13,18)(H,14,16). The quantitative estimate of drug-likeness (QED) is 0.790. The van der Waals surface area contributed by atoms with Crippen LogP contribution in [0.3, 0.4) is 0 Å². The fourth-order valence-electron chi connectivity index (χ4n) is 1.71. The van der Waals surface area contributed by atoms with Gasteiger partial charge in [-0.1, -0.05) is 0 Å². The van der Waals surface area contributed by atoms with Crippen LogP contribution in [0.5, 0.6) is 5.75 Å². The molecular weight excluding hydrogens is 250 g/mol. The summed E-state index contributed by atoms with van der Waals surface area (Å²) in [5.74, 6) is 0.684. The van der Waals surface area contributed by atoms with Crippen LogP contribution in [0.1, 0.15) is 0 Å². The molecule has 0 saturated carbocycles. The summed E-state index contributed by atoms with van der Waals surface area (Å²) < 4.78 is 5.05. The van der Waals surface area contributed by atoms with Crippen molar-refractivity contribution in [2.75, 3.05) is 32.1 Å². The SMILES string of the molecule is COc1ccc(NC(=O)CN2CCNC2=S)cc1. The molecule has 0 aliphatic carbocycles. The molecule has 1 aromatic carbocycles. The second-order valence-corrected chi connectivity index (χ2v) is 4.32. The van der Waals surface area contributed by atoms with E-state index in [1.165, 1.54) is 0 Å². The zero-order chi connectivity index (χ0) is 13.0. The minimum absolute atomic E-state index is 0.0776. The van der Waals surface area contributed by atoms with Crippen molar-refractivity contribution in [1.29, 1.82) is 0 Å². The number of ether oxygens (including phenoxy) is 1. The molecule has 96 valence electrons. The van der Waals surface area contributed by atoms with E-state index in [0.29, 0.717) is 5.11 Å². The van der Waals surface area contributed by atoms with Gasteiger partial charge in [0.1, 0.15) is 5.75 Å². The van der Waals surface area contributed by atoms with Gasteiger partial charge in [0.25, 0.3) is 0 Å². The summed E-state index contributed by atoms with van der Waals surface area (Å²) in [7, 11) is 1.61. The molecule has 0 spiro atoms. The van der Waals surface area contributed by atoms with Crippen LogP contribution in [-0.2, 0) is 4.79 Å². The number of nitrogens with zero attached hydrogens (tertiary/aromatic N) is 1. The van der Waals surface area contributed by atoms with Crippen LogP contribution in [0, 0.1) is 0 Å². The Labute approximate surface area is 111 Å². The summed E-state index contributed by atoms with van der Waals surface area (Å²) in [6, 6.07) is 7.21. The maximum Gasteiger partial charge on any atom is 0.243 e. The average Bonchev–Trinajstić information content (AvgIpc) is 2.76. The molecular formula is C12H15N3O2S. The molecule has 6 heteroatoms. The van der Waals surface area contributed by atoms with Crippen molar-refractivity contribution in [3.8, 4) is 5.75 Å². The average molecular weight is 265 g/mol. The van der Waals surface area contributed by atoms with Gasteiger partial charge in [-0.3, -0.25) is 4.79 Å². The first-order valence-electron chi connectivity index (χ1n) is 5.66. The van der Waals surface area contributed by atoms with Crippen LogP contribution >= 0.6 is 12.2 Å². The maximum absolute atomic E-state index is 11.8. The van der Waals surface area contributed by atoms with Crippen molar-refractivity contribution in [3.63, 3.8) is 0 Å². The molecule has 1 fully saturated rings. The van der Waals surface area contributed by atoms with E-state index in [0.717, 1.165) is 24.5 Å². The molecule has 1 saturated heterocycles. The van der Waals surface area contributed by atoms with Crippen molar-refractivity contribution in [2.24, 2.45) is 0 Å². The lowest BCUT2D eigenvalue weighted by atomic mass is 10.3. The van der Waals surface area contributed by atoms with E-state index in [1.54, 1.807) is 31.4 Å². The number of carbonyl (C=O) groups excluding carboxylic acids is 1. The third kappa shape index (κ3) is 3.10. The van der Waals surface area contributed by atoms with E-state index in [1.807, 2.05) is 4.90 Å². The van der Waals surface area contributed by atoms with Crippen molar-refractivity contribution in [2.45, 2.75) is 0 Å². The maximum atomic E-state index is 11.8. The Morgan fingerprint density at radius 1 is 1.50 bits per heavy atom.